The number of cyclic esters (lactones) is 1. The Morgan fingerprint density at radius 1 is 1.32 bits per heavy atom. The standard InChI is InChI=1S/C20H30O5/c1-12-4-7-16-19(2,9-8-17(23)20(16,3)11-21)14(12)6-5-13-15(22)10-25-18(13)24/h5,14-17,21-23H,1,4,6-11H2,2-3H3/t14?,15?,16-,17?,19+,20+/m1/s1. The third kappa shape index (κ3) is 2.86. The van der Waals surface area contributed by atoms with E-state index in [0.717, 1.165) is 24.8 Å². The molecule has 25 heavy (non-hydrogen) atoms. The van der Waals surface area contributed by atoms with Crippen LogP contribution >= 0.6 is 0 Å². The van der Waals surface area contributed by atoms with Gasteiger partial charge in [-0.15, -0.1) is 0 Å². The van der Waals surface area contributed by atoms with E-state index in [1.54, 1.807) is 0 Å². The molecule has 0 spiro atoms. The van der Waals surface area contributed by atoms with Crippen LogP contribution in [0.3, 0.4) is 0 Å². The smallest absolute Gasteiger partial charge is 0.336 e. The molecule has 3 rings (SSSR count). The summed E-state index contributed by atoms with van der Waals surface area (Å²) >= 11 is 0. The van der Waals surface area contributed by atoms with Gasteiger partial charge in [0, 0.05) is 5.41 Å². The Morgan fingerprint density at radius 2 is 2.04 bits per heavy atom. The van der Waals surface area contributed by atoms with Crippen LogP contribution in [0.5, 0.6) is 0 Å². The Kier molecular flexibility index (Phi) is 4.86. The van der Waals surface area contributed by atoms with Crippen LogP contribution in [0.2, 0.25) is 0 Å². The summed E-state index contributed by atoms with van der Waals surface area (Å²) in [6.45, 7) is 8.50. The zero-order chi connectivity index (χ0) is 18.4. The summed E-state index contributed by atoms with van der Waals surface area (Å²) in [4.78, 5) is 11.8. The summed E-state index contributed by atoms with van der Waals surface area (Å²) in [5.74, 6) is -0.0734. The fraction of sp³-hybridized carbons (Fsp3) is 0.750. The number of ether oxygens (including phenoxy) is 1. The molecule has 1 heterocycles. The number of hydrogen-bond acceptors (Lipinski definition) is 5. The summed E-state index contributed by atoms with van der Waals surface area (Å²) in [5.41, 5.74) is 0.911. The van der Waals surface area contributed by atoms with E-state index in [-0.39, 0.29) is 30.5 Å². The van der Waals surface area contributed by atoms with Crippen molar-refractivity contribution in [1.29, 1.82) is 0 Å². The Morgan fingerprint density at radius 3 is 2.64 bits per heavy atom. The lowest BCUT2D eigenvalue weighted by molar-refractivity contribution is -0.151. The van der Waals surface area contributed by atoms with Gasteiger partial charge < -0.3 is 20.1 Å². The second kappa shape index (κ2) is 6.53. The minimum Gasteiger partial charge on any atom is -0.459 e. The maximum absolute atomic E-state index is 11.8. The fourth-order valence-electron chi connectivity index (χ4n) is 5.56. The maximum atomic E-state index is 11.8. The second-order valence-electron chi connectivity index (χ2n) is 8.54. The second-order valence-corrected chi connectivity index (χ2v) is 8.54. The molecule has 6 atom stereocenters. The molecule has 0 aromatic heterocycles. The first kappa shape index (κ1) is 18.6. The highest BCUT2D eigenvalue weighted by atomic mass is 16.6. The number of hydrogen-bond donors (Lipinski definition) is 3. The van der Waals surface area contributed by atoms with Crippen LogP contribution in [0, 0.1) is 22.7 Å². The van der Waals surface area contributed by atoms with Gasteiger partial charge in [0.1, 0.15) is 12.7 Å². The molecule has 1 saturated heterocycles. The highest BCUT2D eigenvalue weighted by molar-refractivity contribution is 5.91. The van der Waals surface area contributed by atoms with Crippen molar-refractivity contribution >= 4 is 5.97 Å². The predicted octanol–water partition coefficient (Wildman–Crippen LogP) is 1.96. The molecule has 0 amide bonds. The van der Waals surface area contributed by atoms with Crippen molar-refractivity contribution in [3.05, 3.63) is 23.8 Å². The van der Waals surface area contributed by atoms with Crippen molar-refractivity contribution in [1.82, 2.24) is 0 Å². The zero-order valence-electron chi connectivity index (χ0n) is 15.2. The van der Waals surface area contributed by atoms with Crippen molar-refractivity contribution in [2.75, 3.05) is 13.2 Å². The van der Waals surface area contributed by atoms with Crippen LogP contribution in [-0.2, 0) is 9.53 Å². The van der Waals surface area contributed by atoms with Gasteiger partial charge >= 0.3 is 5.97 Å². The van der Waals surface area contributed by atoms with E-state index in [2.05, 4.69) is 13.5 Å². The lowest BCUT2D eigenvalue weighted by Crippen LogP contribution is -2.57. The largest absolute Gasteiger partial charge is 0.459 e. The molecule has 3 aliphatic rings. The number of fused-ring (bicyclic) bond motifs is 1. The number of carbonyl (C=O) groups is 1. The number of esters is 1. The van der Waals surface area contributed by atoms with Crippen molar-refractivity contribution < 1.29 is 24.9 Å². The van der Waals surface area contributed by atoms with Gasteiger partial charge in [-0.05, 0) is 49.4 Å². The number of rotatable bonds is 3. The number of aliphatic hydroxyl groups excluding tert-OH is 3. The maximum Gasteiger partial charge on any atom is 0.336 e. The van der Waals surface area contributed by atoms with E-state index in [1.165, 1.54) is 0 Å². The van der Waals surface area contributed by atoms with Crippen LogP contribution in [0.4, 0.5) is 0 Å². The van der Waals surface area contributed by atoms with Gasteiger partial charge in [-0.2, -0.15) is 0 Å². The number of aliphatic hydroxyl groups is 3. The first-order valence-corrected chi connectivity index (χ1v) is 9.26. The Balaban J connectivity index is 1.89. The van der Waals surface area contributed by atoms with Gasteiger partial charge in [-0.25, -0.2) is 4.79 Å². The molecule has 0 radical (unpaired) electrons. The average molecular weight is 350 g/mol. The molecule has 3 unspecified atom stereocenters. The minimum absolute atomic E-state index is 0.0280. The third-order valence-corrected chi connectivity index (χ3v) is 7.23. The zero-order valence-corrected chi connectivity index (χ0v) is 15.2. The molecule has 0 aromatic carbocycles. The molecular formula is C20H30O5. The Bertz CT molecular complexity index is 597. The fourth-order valence-corrected chi connectivity index (χ4v) is 5.56. The SMILES string of the molecule is C=C1CC[C@@H]2[C@@](C)(CCC(O)[C@@]2(C)CO)C1CC=C1C(=O)OCC1O. The van der Waals surface area contributed by atoms with Gasteiger partial charge in [0.25, 0.3) is 0 Å². The molecule has 140 valence electrons. The predicted molar refractivity (Wildman–Crippen MR) is 93.6 cm³/mol. The van der Waals surface area contributed by atoms with Gasteiger partial charge in [-0.3, -0.25) is 0 Å². The lowest BCUT2D eigenvalue weighted by atomic mass is 9.46. The molecule has 0 aromatic rings. The molecule has 5 heteroatoms. The topological polar surface area (TPSA) is 87.0 Å². The molecule has 0 bridgehead atoms. The van der Waals surface area contributed by atoms with Crippen molar-refractivity contribution in [2.45, 2.75) is 58.2 Å². The summed E-state index contributed by atoms with van der Waals surface area (Å²) < 4.78 is 4.90. The normalized spacial score (nSPS) is 46.2. The molecule has 2 saturated carbocycles. The summed E-state index contributed by atoms with van der Waals surface area (Å²) in [6, 6.07) is 0. The summed E-state index contributed by atoms with van der Waals surface area (Å²) in [7, 11) is 0. The first-order chi connectivity index (χ1) is 11.7. The molecule has 1 aliphatic heterocycles. The Hall–Kier alpha value is -1.17. The van der Waals surface area contributed by atoms with Crippen LogP contribution in [0.25, 0.3) is 0 Å². The third-order valence-electron chi connectivity index (χ3n) is 7.23. The number of allylic oxidation sites excluding steroid dienone is 2. The van der Waals surface area contributed by atoms with E-state index in [1.807, 2.05) is 13.0 Å². The van der Waals surface area contributed by atoms with Gasteiger partial charge in [0.15, 0.2) is 0 Å². The van der Waals surface area contributed by atoms with Crippen molar-refractivity contribution in [3.63, 3.8) is 0 Å². The first-order valence-electron chi connectivity index (χ1n) is 9.26. The van der Waals surface area contributed by atoms with Crippen LogP contribution in [-0.4, -0.2) is 46.7 Å². The lowest BCUT2D eigenvalue weighted by Gasteiger charge is -2.59. The molecular weight excluding hydrogens is 320 g/mol. The molecule has 3 N–H and O–H groups in total. The quantitative estimate of drug-likeness (QED) is 0.411. The summed E-state index contributed by atoms with van der Waals surface area (Å²) in [6.07, 6.45) is 4.42. The van der Waals surface area contributed by atoms with Crippen LogP contribution < -0.4 is 0 Å². The van der Waals surface area contributed by atoms with E-state index in [9.17, 15) is 20.1 Å². The molecule has 3 fully saturated rings. The summed E-state index contributed by atoms with van der Waals surface area (Å²) in [5, 5.41) is 30.4. The van der Waals surface area contributed by atoms with Crippen LogP contribution in [0.15, 0.2) is 23.8 Å². The van der Waals surface area contributed by atoms with Crippen LogP contribution in [0.1, 0.15) is 46.0 Å². The minimum atomic E-state index is -0.844. The molecule has 2 aliphatic carbocycles. The van der Waals surface area contributed by atoms with E-state index >= 15 is 0 Å². The molecule has 5 nitrogen and oxygen atoms in total. The van der Waals surface area contributed by atoms with Crippen molar-refractivity contribution in [3.8, 4) is 0 Å². The number of carbonyl (C=O) groups excluding carboxylic acids is 1. The van der Waals surface area contributed by atoms with E-state index < -0.39 is 23.6 Å². The average Bonchev–Trinajstić information content (AvgIpc) is 2.89. The van der Waals surface area contributed by atoms with E-state index in [0.29, 0.717) is 18.4 Å². The van der Waals surface area contributed by atoms with Gasteiger partial charge in [-0.1, -0.05) is 32.1 Å². The van der Waals surface area contributed by atoms with E-state index in [4.69, 9.17) is 4.74 Å². The van der Waals surface area contributed by atoms with Crippen molar-refractivity contribution in [2.24, 2.45) is 22.7 Å². The highest BCUT2D eigenvalue weighted by Gasteiger charge is 2.57. The highest BCUT2D eigenvalue weighted by Crippen LogP contribution is 2.61. The van der Waals surface area contributed by atoms with Gasteiger partial charge in [0.2, 0.25) is 0 Å². The van der Waals surface area contributed by atoms with Gasteiger partial charge in [0.05, 0.1) is 18.3 Å². The Labute approximate surface area is 149 Å². The monoisotopic (exact) mass is 350 g/mol.